The average molecular weight is 1220 g/mol. The van der Waals surface area contributed by atoms with Crippen molar-refractivity contribution in [2.75, 3.05) is 9.80 Å². The zero-order valence-electron chi connectivity index (χ0n) is 54.6. The SMILES string of the molecule is CC1(C)c2cc(C=Cc3ccc4c(c3)C(C)(C)c3cc(N(c5ccc6ccccc6c5)c5ccccc5-c5ccccc5)ccc3-4)ccc2-c2ccc(C=Cc3ccc4c(c3)C(C)(C)c3cc(N(c5ccc6ccccc6c5)c5ccccc5-c5ccccc5)ccc3-4)cc21. The third-order valence-electron chi connectivity index (χ3n) is 21.0. The highest BCUT2D eigenvalue weighted by Crippen LogP contribution is 2.55. The Morgan fingerprint density at radius 3 is 0.821 bits per heavy atom. The van der Waals surface area contributed by atoms with Crippen molar-refractivity contribution in [2.24, 2.45) is 0 Å². The quantitative estimate of drug-likeness (QED) is 0.113. The van der Waals surface area contributed by atoms with Crippen LogP contribution in [0.25, 0.3) is 101 Å². The second-order valence-corrected chi connectivity index (χ2v) is 27.7. The van der Waals surface area contributed by atoms with Gasteiger partial charge in [-0.25, -0.2) is 0 Å². The number of nitrogens with zero attached hydrogens (tertiary/aromatic N) is 2. The number of rotatable bonds is 12. The van der Waals surface area contributed by atoms with Crippen LogP contribution in [-0.2, 0) is 16.2 Å². The summed E-state index contributed by atoms with van der Waals surface area (Å²) in [6.07, 6.45) is 9.21. The standard InChI is InChI=1S/C93H72N2/c1-91(2)83-53-61(33-35-63-39-49-79-81-51-45-73(59-87(81)92(3,4)85(79)55-63)94(71-43-41-65-21-13-15-27-69(65)57-71)89-31-19-17-29-75(89)67-23-9-7-10-24-67)37-47-77(83)78-48-38-62(54-84(78)91)34-36-64-40-50-80-82-52-46-74(60-88(82)93(5,6)86(80)56-64)95(72-44-42-66-22-14-16-28-70(66)58-72)90-32-20-18-30-76(90)68-25-11-8-12-26-68/h7-60H,1-6H3. The molecule has 0 aliphatic heterocycles. The normalized spacial score (nSPS) is 14.2. The van der Waals surface area contributed by atoms with Crippen LogP contribution >= 0.6 is 0 Å². The van der Waals surface area contributed by atoms with Crippen LogP contribution in [0.1, 0.15) is 97.2 Å². The molecule has 0 N–H and O–H groups in total. The van der Waals surface area contributed by atoms with Crippen molar-refractivity contribution in [3.05, 3.63) is 359 Å². The fourth-order valence-electron chi connectivity index (χ4n) is 15.9. The maximum Gasteiger partial charge on any atom is 0.0540 e. The van der Waals surface area contributed by atoms with E-state index >= 15 is 0 Å². The van der Waals surface area contributed by atoms with Gasteiger partial charge in [-0.3, -0.25) is 0 Å². The number of anilines is 6. The molecule has 17 rings (SSSR count). The molecule has 0 saturated heterocycles. The monoisotopic (exact) mass is 1220 g/mol. The molecule has 2 nitrogen and oxygen atoms in total. The Bertz CT molecular complexity index is 5130. The number of benzene rings is 14. The molecule has 14 aromatic carbocycles. The third kappa shape index (κ3) is 9.77. The first-order chi connectivity index (χ1) is 46.3. The van der Waals surface area contributed by atoms with Crippen LogP contribution < -0.4 is 9.80 Å². The zero-order valence-corrected chi connectivity index (χ0v) is 54.6. The summed E-state index contributed by atoms with van der Waals surface area (Å²) < 4.78 is 0. The van der Waals surface area contributed by atoms with Crippen molar-refractivity contribution in [1.29, 1.82) is 0 Å². The van der Waals surface area contributed by atoms with Gasteiger partial charge in [0.05, 0.1) is 11.4 Å². The molecule has 0 heterocycles. The summed E-state index contributed by atoms with van der Waals surface area (Å²) in [6, 6.07) is 113. The molecular formula is C93H72N2. The summed E-state index contributed by atoms with van der Waals surface area (Å²) in [5, 5.41) is 4.90. The molecule has 454 valence electrons. The van der Waals surface area contributed by atoms with Gasteiger partial charge < -0.3 is 9.80 Å². The summed E-state index contributed by atoms with van der Waals surface area (Å²) in [5.74, 6) is 0. The molecule has 0 bridgehead atoms. The van der Waals surface area contributed by atoms with Crippen LogP contribution in [0.4, 0.5) is 34.1 Å². The minimum atomic E-state index is -0.229. The molecule has 3 aliphatic rings. The highest BCUT2D eigenvalue weighted by Gasteiger charge is 2.39. The average Bonchev–Trinajstić information content (AvgIpc) is 1.60. The number of fused-ring (bicyclic) bond motifs is 11. The predicted molar refractivity (Wildman–Crippen MR) is 405 cm³/mol. The van der Waals surface area contributed by atoms with E-state index < -0.39 is 0 Å². The lowest BCUT2D eigenvalue weighted by atomic mass is 9.81. The molecule has 0 fully saturated rings. The first-order valence-electron chi connectivity index (χ1n) is 33.4. The molecule has 0 atom stereocenters. The molecule has 0 unspecified atom stereocenters. The largest absolute Gasteiger partial charge is 0.310 e. The fraction of sp³-hybridized carbons (Fsp3) is 0.0968. The van der Waals surface area contributed by atoms with Gasteiger partial charge in [-0.05, 0) is 182 Å². The first-order valence-corrected chi connectivity index (χ1v) is 33.4. The van der Waals surface area contributed by atoms with Gasteiger partial charge in [-0.1, -0.05) is 309 Å². The summed E-state index contributed by atoms with van der Waals surface area (Å²) in [5.41, 5.74) is 31.7. The van der Waals surface area contributed by atoms with Gasteiger partial charge in [0, 0.05) is 50.1 Å². The number of hydrogen-bond donors (Lipinski definition) is 0. The Balaban J connectivity index is 0.623. The van der Waals surface area contributed by atoms with Crippen LogP contribution in [0.2, 0.25) is 0 Å². The predicted octanol–water partition coefficient (Wildman–Crippen LogP) is 25.5. The fourth-order valence-corrected chi connectivity index (χ4v) is 15.9. The zero-order chi connectivity index (χ0) is 64.2. The Morgan fingerprint density at radius 2 is 0.474 bits per heavy atom. The van der Waals surface area contributed by atoms with Crippen LogP contribution in [0.5, 0.6) is 0 Å². The minimum Gasteiger partial charge on any atom is -0.310 e. The lowest BCUT2D eigenvalue weighted by Gasteiger charge is -2.30. The molecule has 3 aliphatic carbocycles. The molecule has 0 amide bonds. The molecule has 0 saturated carbocycles. The maximum atomic E-state index is 2.45. The Kier molecular flexibility index (Phi) is 13.6. The highest BCUT2D eigenvalue weighted by molar-refractivity contribution is 5.97. The first kappa shape index (κ1) is 57.6. The highest BCUT2D eigenvalue weighted by atomic mass is 15.2. The third-order valence-corrected chi connectivity index (χ3v) is 21.0. The van der Waals surface area contributed by atoms with E-state index in [1.54, 1.807) is 0 Å². The van der Waals surface area contributed by atoms with Gasteiger partial charge in [0.2, 0.25) is 0 Å². The molecule has 0 radical (unpaired) electrons. The summed E-state index contributed by atoms with van der Waals surface area (Å²) in [7, 11) is 0. The van der Waals surface area contributed by atoms with E-state index in [1.165, 1.54) is 133 Å². The maximum absolute atomic E-state index is 2.45. The Labute approximate surface area is 558 Å². The van der Waals surface area contributed by atoms with Crippen LogP contribution in [0, 0.1) is 0 Å². The summed E-state index contributed by atoms with van der Waals surface area (Å²) >= 11 is 0. The van der Waals surface area contributed by atoms with E-state index in [2.05, 4.69) is 379 Å². The minimum absolute atomic E-state index is 0.177. The van der Waals surface area contributed by atoms with Crippen LogP contribution in [0.15, 0.2) is 303 Å². The molecule has 0 aromatic heterocycles. The van der Waals surface area contributed by atoms with E-state index in [0.29, 0.717) is 0 Å². The van der Waals surface area contributed by atoms with Gasteiger partial charge in [0.1, 0.15) is 0 Å². The molecule has 0 spiro atoms. The van der Waals surface area contributed by atoms with Gasteiger partial charge in [-0.15, -0.1) is 0 Å². The summed E-state index contributed by atoms with van der Waals surface area (Å²) in [6.45, 7) is 14.4. The van der Waals surface area contributed by atoms with Gasteiger partial charge >= 0.3 is 0 Å². The molecule has 95 heavy (non-hydrogen) atoms. The van der Waals surface area contributed by atoms with Gasteiger partial charge in [0.15, 0.2) is 0 Å². The van der Waals surface area contributed by atoms with E-state index in [0.717, 1.165) is 34.1 Å². The summed E-state index contributed by atoms with van der Waals surface area (Å²) in [4.78, 5) is 4.90. The Morgan fingerprint density at radius 1 is 0.211 bits per heavy atom. The van der Waals surface area contributed by atoms with Crippen molar-refractivity contribution >= 4 is 80.0 Å². The van der Waals surface area contributed by atoms with E-state index in [1.807, 2.05) is 0 Å². The van der Waals surface area contributed by atoms with Crippen molar-refractivity contribution < 1.29 is 0 Å². The van der Waals surface area contributed by atoms with E-state index in [4.69, 9.17) is 0 Å². The van der Waals surface area contributed by atoms with Crippen molar-refractivity contribution in [1.82, 2.24) is 0 Å². The topological polar surface area (TPSA) is 6.48 Å². The van der Waals surface area contributed by atoms with E-state index in [9.17, 15) is 0 Å². The number of para-hydroxylation sites is 2. The molecule has 2 heteroatoms. The second-order valence-electron chi connectivity index (χ2n) is 27.7. The van der Waals surface area contributed by atoms with Crippen molar-refractivity contribution in [3.8, 4) is 55.6 Å². The van der Waals surface area contributed by atoms with Crippen LogP contribution in [0.3, 0.4) is 0 Å². The second kappa shape index (κ2) is 22.5. The lowest BCUT2D eigenvalue weighted by Crippen LogP contribution is -2.17. The van der Waals surface area contributed by atoms with Crippen LogP contribution in [-0.4, -0.2) is 0 Å². The van der Waals surface area contributed by atoms with Gasteiger partial charge in [0.25, 0.3) is 0 Å². The van der Waals surface area contributed by atoms with Crippen molar-refractivity contribution in [3.63, 3.8) is 0 Å². The molecule has 14 aromatic rings. The smallest absolute Gasteiger partial charge is 0.0540 e. The van der Waals surface area contributed by atoms with Gasteiger partial charge in [-0.2, -0.15) is 0 Å². The Hall–Kier alpha value is -11.3. The lowest BCUT2D eigenvalue weighted by molar-refractivity contribution is 0.660. The van der Waals surface area contributed by atoms with Crippen molar-refractivity contribution in [2.45, 2.75) is 57.8 Å². The number of hydrogen-bond acceptors (Lipinski definition) is 2. The molecular weight excluding hydrogens is 1150 g/mol. The van der Waals surface area contributed by atoms with E-state index in [-0.39, 0.29) is 16.2 Å².